The van der Waals surface area contributed by atoms with Gasteiger partial charge in [0.25, 0.3) is 0 Å². The van der Waals surface area contributed by atoms with E-state index in [1.165, 1.54) is 0 Å². The molecule has 2 rings (SSSR count). The quantitative estimate of drug-likeness (QED) is 0.707. The van der Waals surface area contributed by atoms with Crippen LogP contribution in [0.25, 0.3) is 0 Å². The van der Waals surface area contributed by atoms with E-state index in [0.29, 0.717) is 12.0 Å². The summed E-state index contributed by atoms with van der Waals surface area (Å²) in [5.74, 6) is 0.904. The smallest absolute Gasteiger partial charge is 0.223 e. The summed E-state index contributed by atoms with van der Waals surface area (Å²) in [6, 6.07) is 0. The Morgan fingerprint density at radius 2 is 2.33 bits per heavy atom. The number of hydrogen-bond acceptors (Lipinski definition) is 4. The number of nitrogens with zero attached hydrogens (tertiary/aromatic N) is 2. The van der Waals surface area contributed by atoms with Crippen LogP contribution < -0.4 is 10.5 Å². The van der Waals surface area contributed by atoms with E-state index in [0.717, 1.165) is 18.4 Å². The van der Waals surface area contributed by atoms with Crippen LogP contribution in [0.4, 0.5) is 5.95 Å². The molecule has 4 heteroatoms. The molecule has 1 aromatic rings. The first kappa shape index (κ1) is 7.34. The lowest BCUT2D eigenvalue weighted by Gasteiger charge is -2.05. The number of aromatic nitrogens is 2. The van der Waals surface area contributed by atoms with Crippen LogP contribution >= 0.6 is 0 Å². The zero-order chi connectivity index (χ0) is 8.55. The minimum absolute atomic E-state index is 0.274. The highest BCUT2D eigenvalue weighted by Gasteiger charge is 2.24. The summed E-state index contributed by atoms with van der Waals surface area (Å²) in [6.07, 6.45) is 4.30. The molecule has 0 amide bonds. The third-order valence-electron chi connectivity index (χ3n) is 1.75. The molecule has 1 heterocycles. The van der Waals surface area contributed by atoms with Crippen molar-refractivity contribution < 1.29 is 4.74 Å². The molecular formula is C8H11N3O. The minimum Gasteiger partial charge on any atom is -0.474 e. The second-order valence-electron chi connectivity index (χ2n) is 3.03. The van der Waals surface area contributed by atoms with Gasteiger partial charge in [-0.2, -0.15) is 4.98 Å². The molecule has 0 aromatic carbocycles. The molecule has 0 spiro atoms. The van der Waals surface area contributed by atoms with Crippen molar-refractivity contribution in [2.75, 3.05) is 5.73 Å². The van der Waals surface area contributed by atoms with Crippen molar-refractivity contribution in [3.63, 3.8) is 0 Å². The highest BCUT2D eigenvalue weighted by atomic mass is 16.5. The molecule has 1 aromatic heterocycles. The average molecular weight is 165 g/mol. The van der Waals surface area contributed by atoms with Gasteiger partial charge in [-0.15, -0.1) is 0 Å². The molecule has 0 atom stereocenters. The fourth-order valence-corrected chi connectivity index (χ4v) is 0.902. The summed E-state index contributed by atoms with van der Waals surface area (Å²) in [5.41, 5.74) is 6.36. The molecule has 0 radical (unpaired) electrons. The number of ether oxygens (including phenoxy) is 1. The Morgan fingerprint density at radius 1 is 1.58 bits per heavy atom. The maximum atomic E-state index is 5.51. The summed E-state index contributed by atoms with van der Waals surface area (Å²) in [4.78, 5) is 7.85. The third-order valence-corrected chi connectivity index (χ3v) is 1.75. The van der Waals surface area contributed by atoms with E-state index in [9.17, 15) is 0 Å². The van der Waals surface area contributed by atoms with E-state index < -0.39 is 0 Å². The summed E-state index contributed by atoms with van der Waals surface area (Å²) < 4.78 is 5.51. The number of nitrogen functional groups attached to an aromatic ring is 1. The molecule has 2 N–H and O–H groups in total. The van der Waals surface area contributed by atoms with E-state index in [1.807, 2.05) is 6.92 Å². The average Bonchev–Trinajstić information content (AvgIpc) is 2.81. The van der Waals surface area contributed by atoms with E-state index in [4.69, 9.17) is 10.5 Å². The molecular weight excluding hydrogens is 154 g/mol. The third kappa shape index (κ3) is 1.47. The van der Waals surface area contributed by atoms with Gasteiger partial charge in [0.2, 0.25) is 11.8 Å². The number of aryl methyl sites for hydroxylation is 1. The largest absolute Gasteiger partial charge is 0.474 e. The Bertz CT molecular complexity index is 296. The molecule has 0 bridgehead atoms. The van der Waals surface area contributed by atoms with Crippen LogP contribution in [0.2, 0.25) is 0 Å². The van der Waals surface area contributed by atoms with Gasteiger partial charge in [-0.05, 0) is 19.8 Å². The lowest BCUT2D eigenvalue weighted by atomic mass is 10.4. The topological polar surface area (TPSA) is 61.0 Å². The minimum atomic E-state index is 0.274. The SMILES string of the molecule is Cc1cnc(N)nc1OC1CC1. The van der Waals surface area contributed by atoms with Gasteiger partial charge >= 0.3 is 0 Å². The molecule has 4 nitrogen and oxygen atoms in total. The van der Waals surface area contributed by atoms with Crippen molar-refractivity contribution in [2.24, 2.45) is 0 Å². The van der Waals surface area contributed by atoms with Crippen molar-refractivity contribution in [3.05, 3.63) is 11.8 Å². The Kier molecular flexibility index (Phi) is 1.60. The molecule has 0 saturated heterocycles. The number of anilines is 1. The fraction of sp³-hybridized carbons (Fsp3) is 0.500. The lowest BCUT2D eigenvalue weighted by molar-refractivity contribution is 0.289. The normalized spacial score (nSPS) is 16.1. The van der Waals surface area contributed by atoms with Crippen LogP contribution in [-0.4, -0.2) is 16.1 Å². The second kappa shape index (κ2) is 2.62. The molecule has 12 heavy (non-hydrogen) atoms. The summed E-state index contributed by atoms with van der Waals surface area (Å²) in [5, 5.41) is 0. The summed E-state index contributed by atoms with van der Waals surface area (Å²) in [6.45, 7) is 1.91. The van der Waals surface area contributed by atoms with Gasteiger partial charge in [0.15, 0.2) is 0 Å². The van der Waals surface area contributed by atoms with Gasteiger partial charge in [0, 0.05) is 11.8 Å². The van der Waals surface area contributed by atoms with Crippen LogP contribution in [0, 0.1) is 6.92 Å². The molecule has 1 fully saturated rings. The van der Waals surface area contributed by atoms with Crippen molar-refractivity contribution in [1.82, 2.24) is 9.97 Å². The number of nitrogens with two attached hydrogens (primary N) is 1. The van der Waals surface area contributed by atoms with Gasteiger partial charge in [-0.25, -0.2) is 4.98 Å². The highest BCUT2D eigenvalue weighted by molar-refractivity contribution is 5.29. The van der Waals surface area contributed by atoms with E-state index >= 15 is 0 Å². The number of hydrogen-bond donors (Lipinski definition) is 1. The van der Waals surface area contributed by atoms with Gasteiger partial charge in [0.05, 0.1) is 0 Å². The van der Waals surface area contributed by atoms with Gasteiger partial charge in [0.1, 0.15) is 6.10 Å². The van der Waals surface area contributed by atoms with Gasteiger partial charge in [-0.1, -0.05) is 0 Å². The molecule has 1 aliphatic rings. The van der Waals surface area contributed by atoms with Gasteiger partial charge in [-0.3, -0.25) is 0 Å². The van der Waals surface area contributed by atoms with E-state index in [-0.39, 0.29) is 5.95 Å². The first-order chi connectivity index (χ1) is 5.75. The monoisotopic (exact) mass is 165 g/mol. The maximum absolute atomic E-state index is 5.51. The molecule has 0 aliphatic heterocycles. The van der Waals surface area contributed by atoms with Crippen molar-refractivity contribution >= 4 is 5.95 Å². The predicted molar refractivity (Wildman–Crippen MR) is 44.8 cm³/mol. The predicted octanol–water partition coefficient (Wildman–Crippen LogP) is 0.908. The van der Waals surface area contributed by atoms with Gasteiger partial charge < -0.3 is 10.5 Å². The van der Waals surface area contributed by atoms with Crippen molar-refractivity contribution in [3.8, 4) is 5.88 Å². The van der Waals surface area contributed by atoms with Crippen LogP contribution in [0.15, 0.2) is 6.20 Å². The van der Waals surface area contributed by atoms with Crippen molar-refractivity contribution in [2.45, 2.75) is 25.9 Å². The molecule has 1 aliphatic carbocycles. The Hall–Kier alpha value is -1.32. The first-order valence-corrected chi connectivity index (χ1v) is 4.01. The molecule has 64 valence electrons. The fourth-order valence-electron chi connectivity index (χ4n) is 0.902. The zero-order valence-electron chi connectivity index (χ0n) is 6.95. The zero-order valence-corrected chi connectivity index (χ0v) is 6.95. The Morgan fingerprint density at radius 3 is 3.00 bits per heavy atom. The Labute approximate surface area is 70.8 Å². The number of rotatable bonds is 2. The van der Waals surface area contributed by atoms with Crippen molar-refractivity contribution in [1.29, 1.82) is 0 Å². The summed E-state index contributed by atoms with van der Waals surface area (Å²) >= 11 is 0. The Balaban J connectivity index is 2.21. The van der Waals surface area contributed by atoms with Crippen LogP contribution in [0.3, 0.4) is 0 Å². The van der Waals surface area contributed by atoms with Crippen LogP contribution in [-0.2, 0) is 0 Å². The van der Waals surface area contributed by atoms with Crippen LogP contribution in [0.5, 0.6) is 5.88 Å². The molecule has 1 saturated carbocycles. The van der Waals surface area contributed by atoms with E-state index in [2.05, 4.69) is 9.97 Å². The van der Waals surface area contributed by atoms with E-state index in [1.54, 1.807) is 6.20 Å². The highest BCUT2D eigenvalue weighted by Crippen LogP contribution is 2.27. The lowest BCUT2D eigenvalue weighted by Crippen LogP contribution is -2.03. The first-order valence-electron chi connectivity index (χ1n) is 4.01. The molecule has 0 unspecified atom stereocenters. The standard InChI is InChI=1S/C8H11N3O/c1-5-4-10-8(9)11-7(5)12-6-2-3-6/h4,6H,2-3H2,1H3,(H2,9,10,11). The maximum Gasteiger partial charge on any atom is 0.223 e. The van der Waals surface area contributed by atoms with Crippen LogP contribution in [0.1, 0.15) is 18.4 Å². The summed E-state index contributed by atoms with van der Waals surface area (Å²) in [7, 11) is 0. The second-order valence-corrected chi connectivity index (χ2v) is 3.03.